The first-order valence-electron chi connectivity index (χ1n) is 15.3. The number of benzene rings is 1. The third kappa shape index (κ3) is 4.95. The smallest absolute Gasteiger partial charge is 0.338 e. The molecule has 1 aromatic carbocycles. The number of carbonyl (C=O) groups is 1. The van der Waals surface area contributed by atoms with Crippen molar-refractivity contribution in [3.05, 3.63) is 47.5 Å². The summed E-state index contributed by atoms with van der Waals surface area (Å²) >= 11 is 0. The molecule has 1 N–H and O–H groups in total. The Balaban J connectivity index is 1.44. The average molecular weight is 507 g/mol. The number of rotatable bonds is 7. The summed E-state index contributed by atoms with van der Waals surface area (Å²) in [7, 11) is 0. The van der Waals surface area contributed by atoms with E-state index in [2.05, 4.69) is 40.7 Å². The molecular formula is C34H50O3. The van der Waals surface area contributed by atoms with Crippen molar-refractivity contribution in [2.45, 2.75) is 111 Å². The Labute approximate surface area is 225 Å². The Kier molecular flexibility index (Phi) is 7.66. The molecule has 3 heteroatoms. The number of carbonyl (C=O) groups excluding carboxylic acids is 1. The molecule has 0 amide bonds. The normalized spacial score (nSPS) is 39.8. The van der Waals surface area contributed by atoms with E-state index in [1.54, 1.807) is 0 Å². The SMILES string of the molecule is CC(C)CCC[C@@H](C)[C@H]1CC[C@H]2[C@@H]3[C@@H](OC(=O)c4ccccc4)C=C4C[C@@H](O)CC[C@]4(C)[C@H]3CC[C@]12C. The first-order chi connectivity index (χ1) is 17.6. The number of aliphatic hydroxyl groups is 1. The molecule has 3 saturated carbocycles. The van der Waals surface area contributed by atoms with Gasteiger partial charge in [0.15, 0.2) is 0 Å². The van der Waals surface area contributed by atoms with E-state index in [4.69, 9.17) is 4.74 Å². The third-order valence-electron chi connectivity index (χ3n) is 11.5. The molecule has 0 aromatic heterocycles. The zero-order chi connectivity index (χ0) is 26.4. The van der Waals surface area contributed by atoms with Crippen LogP contribution in [-0.4, -0.2) is 23.3 Å². The van der Waals surface area contributed by atoms with Crippen LogP contribution in [0.4, 0.5) is 0 Å². The highest BCUT2D eigenvalue weighted by molar-refractivity contribution is 5.89. The van der Waals surface area contributed by atoms with Crippen LogP contribution in [0.5, 0.6) is 0 Å². The van der Waals surface area contributed by atoms with Gasteiger partial charge in [0.05, 0.1) is 11.7 Å². The molecule has 0 unspecified atom stereocenters. The predicted octanol–water partition coefficient (Wildman–Crippen LogP) is 8.22. The third-order valence-corrected chi connectivity index (χ3v) is 11.5. The second-order valence-corrected chi connectivity index (χ2v) is 14.1. The summed E-state index contributed by atoms with van der Waals surface area (Å²) in [5.74, 6) is 3.61. The van der Waals surface area contributed by atoms with Gasteiger partial charge in [0.1, 0.15) is 6.10 Å². The van der Waals surface area contributed by atoms with E-state index in [-0.39, 0.29) is 23.6 Å². The molecule has 0 spiro atoms. The molecule has 4 aliphatic carbocycles. The number of hydrogen-bond acceptors (Lipinski definition) is 3. The standard InChI is InChI=1S/C34H50O3/c1-22(2)10-9-11-23(3)27-14-15-28-31-29(17-19-34(27,28)5)33(4)18-16-26(35)20-25(33)21-30(31)37-32(36)24-12-7-6-8-13-24/h6-8,12-13,21-23,26-31,35H,9-11,14-20H2,1-5H3/t23-,26+,27-,28+,29+,30+,31+,33+,34-/m1/s1. The molecule has 4 aliphatic rings. The summed E-state index contributed by atoms with van der Waals surface area (Å²) in [6, 6.07) is 9.48. The second kappa shape index (κ2) is 10.5. The van der Waals surface area contributed by atoms with E-state index in [1.165, 1.54) is 50.5 Å². The van der Waals surface area contributed by atoms with E-state index in [0.29, 0.717) is 28.7 Å². The van der Waals surface area contributed by atoms with E-state index in [9.17, 15) is 9.90 Å². The molecule has 0 bridgehead atoms. The van der Waals surface area contributed by atoms with Gasteiger partial charge >= 0.3 is 5.97 Å². The first kappa shape index (κ1) is 27.0. The fourth-order valence-corrected chi connectivity index (χ4v) is 9.51. The van der Waals surface area contributed by atoms with Crippen molar-refractivity contribution in [1.82, 2.24) is 0 Å². The molecule has 0 saturated heterocycles. The van der Waals surface area contributed by atoms with Gasteiger partial charge in [-0.2, -0.15) is 0 Å². The maximum Gasteiger partial charge on any atom is 0.338 e. The van der Waals surface area contributed by atoms with Crippen LogP contribution in [0.25, 0.3) is 0 Å². The molecule has 0 heterocycles. The molecule has 3 nitrogen and oxygen atoms in total. The fraction of sp³-hybridized carbons (Fsp3) is 0.735. The lowest BCUT2D eigenvalue weighted by Gasteiger charge is -2.59. The minimum absolute atomic E-state index is 0.127. The maximum atomic E-state index is 13.3. The highest BCUT2D eigenvalue weighted by Gasteiger charge is 2.62. The van der Waals surface area contributed by atoms with Crippen molar-refractivity contribution in [3.8, 4) is 0 Å². The monoisotopic (exact) mass is 506 g/mol. The average Bonchev–Trinajstić information content (AvgIpc) is 3.22. The Bertz CT molecular complexity index is 982. The topological polar surface area (TPSA) is 46.5 Å². The van der Waals surface area contributed by atoms with Crippen molar-refractivity contribution in [2.75, 3.05) is 0 Å². The number of hydrogen-bond donors (Lipinski definition) is 1. The molecule has 9 atom stereocenters. The van der Waals surface area contributed by atoms with Crippen LogP contribution in [0, 0.1) is 46.3 Å². The molecule has 3 fully saturated rings. The Hall–Kier alpha value is -1.61. The van der Waals surface area contributed by atoms with Crippen LogP contribution >= 0.6 is 0 Å². The van der Waals surface area contributed by atoms with Crippen LogP contribution in [0.1, 0.15) is 109 Å². The Morgan fingerprint density at radius 2 is 1.76 bits per heavy atom. The van der Waals surface area contributed by atoms with Crippen molar-refractivity contribution in [3.63, 3.8) is 0 Å². The summed E-state index contributed by atoms with van der Waals surface area (Å²) < 4.78 is 6.42. The van der Waals surface area contributed by atoms with Gasteiger partial charge in [-0.3, -0.25) is 0 Å². The quantitative estimate of drug-likeness (QED) is 0.299. The van der Waals surface area contributed by atoms with Crippen LogP contribution in [0.2, 0.25) is 0 Å². The summed E-state index contributed by atoms with van der Waals surface area (Å²) in [5, 5.41) is 10.5. The van der Waals surface area contributed by atoms with Crippen LogP contribution in [-0.2, 0) is 4.74 Å². The van der Waals surface area contributed by atoms with Crippen molar-refractivity contribution in [2.24, 2.45) is 46.3 Å². The maximum absolute atomic E-state index is 13.3. The van der Waals surface area contributed by atoms with Crippen LogP contribution in [0.3, 0.4) is 0 Å². The molecule has 5 rings (SSSR count). The van der Waals surface area contributed by atoms with Gasteiger partial charge in [-0.25, -0.2) is 4.79 Å². The second-order valence-electron chi connectivity index (χ2n) is 14.1. The largest absolute Gasteiger partial charge is 0.454 e. The Morgan fingerprint density at radius 1 is 1.00 bits per heavy atom. The van der Waals surface area contributed by atoms with Crippen LogP contribution < -0.4 is 0 Å². The highest BCUT2D eigenvalue weighted by Crippen LogP contribution is 2.67. The van der Waals surface area contributed by atoms with Gasteiger partial charge < -0.3 is 9.84 Å². The zero-order valence-electron chi connectivity index (χ0n) is 23.9. The number of aliphatic hydroxyl groups excluding tert-OH is 1. The molecule has 204 valence electrons. The molecule has 37 heavy (non-hydrogen) atoms. The Morgan fingerprint density at radius 3 is 2.49 bits per heavy atom. The molecule has 0 aliphatic heterocycles. The van der Waals surface area contributed by atoms with E-state index < -0.39 is 0 Å². The number of esters is 1. The van der Waals surface area contributed by atoms with E-state index in [0.717, 1.165) is 37.0 Å². The number of ether oxygens (including phenoxy) is 1. The van der Waals surface area contributed by atoms with Gasteiger partial charge in [0.25, 0.3) is 0 Å². The number of fused-ring (bicyclic) bond motifs is 5. The van der Waals surface area contributed by atoms with Crippen molar-refractivity contribution in [1.29, 1.82) is 0 Å². The van der Waals surface area contributed by atoms with Crippen molar-refractivity contribution >= 4 is 5.97 Å². The van der Waals surface area contributed by atoms with E-state index in [1.807, 2.05) is 30.3 Å². The van der Waals surface area contributed by atoms with Crippen LogP contribution in [0.15, 0.2) is 42.0 Å². The lowest BCUT2D eigenvalue weighted by molar-refractivity contribution is -0.101. The lowest BCUT2D eigenvalue weighted by atomic mass is 9.46. The van der Waals surface area contributed by atoms with Gasteiger partial charge in [0, 0.05) is 5.92 Å². The highest BCUT2D eigenvalue weighted by atomic mass is 16.5. The van der Waals surface area contributed by atoms with Gasteiger partial charge in [-0.1, -0.05) is 77.7 Å². The summed E-state index contributed by atoms with van der Waals surface area (Å²) in [6.07, 6.45) is 13.6. The molecule has 0 radical (unpaired) electrons. The zero-order valence-corrected chi connectivity index (χ0v) is 23.9. The summed E-state index contributed by atoms with van der Waals surface area (Å²) in [6.45, 7) is 12.2. The molecule has 1 aromatic rings. The van der Waals surface area contributed by atoms with Crippen molar-refractivity contribution < 1.29 is 14.6 Å². The van der Waals surface area contributed by atoms with E-state index >= 15 is 0 Å². The predicted molar refractivity (Wildman–Crippen MR) is 150 cm³/mol. The summed E-state index contributed by atoms with van der Waals surface area (Å²) in [5.41, 5.74) is 2.43. The van der Waals surface area contributed by atoms with Gasteiger partial charge in [-0.15, -0.1) is 0 Å². The molecular weight excluding hydrogens is 456 g/mol. The lowest BCUT2D eigenvalue weighted by Crippen LogP contribution is -2.55. The van der Waals surface area contributed by atoms with Gasteiger partial charge in [-0.05, 0) is 104 Å². The minimum Gasteiger partial charge on any atom is -0.454 e. The summed E-state index contributed by atoms with van der Waals surface area (Å²) in [4.78, 5) is 13.3. The fourth-order valence-electron chi connectivity index (χ4n) is 9.51. The van der Waals surface area contributed by atoms with Gasteiger partial charge in [0.2, 0.25) is 0 Å². The first-order valence-corrected chi connectivity index (χ1v) is 15.3. The minimum atomic E-state index is -0.266.